The SMILES string of the molecule is c1cc2c(cc1-c1nc(C3COCCN3)no1)OCCO2. The third-order valence-electron chi connectivity index (χ3n) is 3.46. The van der Waals surface area contributed by atoms with Gasteiger partial charge in [0.25, 0.3) is 5.89 Å². The standard InChI is InChI=1S/C14H15N3O4/c1-2-11-12(20-6-5-19-11)7-9(1)14-16-13(17-21-14)10-8-18-4-3-15-10/h1-2,7,10,15H,3-6,8H2. The van der Waals surface area contributed by atoms with Crippen LogP contribution in [0.2, 0.25) is 0 Å². The van der Waals surface area contributed by atoms with Crippen LogP contribution in [0.15, 0.2) is 22.7 Å². The lowest BCUT2D eigenvalue weighted by atomic mass is 10.2. The Morgan fingerprint density at radius 2 is 2.00 bits per heavy atom. The summed E-state index contributed by atoms with van der Waals surface area (Å²) in [7, 11) is 0. The molecule has 1 atom stereocenters. The average Bonchev–Trinajstić information content (AvgIpc) is 3.05. The largest absolute Gasteiger partial charge is 0.486 e. The van der Waals surface area contributed by atoms with Crippen molar-refractivity contribution >= 4 is 0 Å². The molecule has 1 aromatic heterocycles. The minimum Gasteiger partial charge on any atom is -0.486 e. The first-order valence-electron chi connectivity index (χ1n) is 6.95. The van der Waals surface area contributed by atoms with Crippen LogP contribution in [-0.4, -0.2) is 43.1 Å². The Balaban J connectivity index is 1.60. The highest BCUT2D eigenvalue weighted by atomic mass is 16.6. The maximum absolute atomic E-state index is 5.56. The third kappa shape index (κ3) is 2.45. The molecule has 2 aliphatic rings. The number of rotatable bonds is 2. The van der Waals surface area contributed by atoms with Gasteiger partial charge >= 0.3 is 0 Å². The van der Waals surface area contributed by atoms with E-state index < -0.39 is 0 Å². The van der Waals surface area contributed by atoms with Crippen LogP contribution in [0.1, 0.15) is 11.9 Å². The number of fused-ring (bicyclic) bond motifs is 1. The average molecular weight is 289 g/mol. The molecule has 0 saturated carbocycles. The minimum atomic E-state index is -0.0199. The molecule has 7 nitrogen and oxygen atoms in total. The van der Waals surface area contributed by atoms with E-state index in [1.807, 2.05) is 18.2 Å². The van der Waals surface area contributed by atoms with E-state index in [2.05, 4.69) is 15.5 Å². The molecule has 1 saturated heterocycles. The summed E-state index contributed by atoms with van der Waals surface area (Å²) >= 11 is 0. The van der Waals surface area contributed by atoms with Gasteiger partial charge in [-0.05, 0) is 18.2 Å². The summed E-state index contributed by atoms with van der Waals surface area (Å²) in [6.07, 6.45) is 0. The highest BCUT2D eigenvalue weighted by Crippen LogP contribution is 2.34. The number of morpholine rings is 1. The fourth-order valence-electron chi connectivity index (χ4n) is 2.40. The first kappa shape index (κ1) is 12.6. The van der Waals surface area contributed by atoms with E-state index in [4.69, 9.17) is 18.7 Å². The maximum atomic E-state index is 5.56. The van der Waals surface area contributed by atoms with E-state index in [0.717, 1.165) is 17.9 Å². The molecule has 0 bridgehead atoms. The predicted octanol–water partition coefficient (Wildman–Crippen LogP) is 1.17. The molecule has 7 heteroatoms. The minimum absolute atomic E-state index is 0.0199. The number of benzene rings is 1. The predicted molar refractivity (Wildman–Crippen MR) is 72.3 cm³/mol. The van der Waals surface area contributed by atoms with Gasteiger partial charge in [-0.25, -0.2) is 0 Å². The number of nitrogens with one attached hydrogen (secondary N) is 1. The number of nitrogens with zero attached hydrogens (tertiary/aromatic N) is 2. The van der Waals surface area contributed by atoms with E-state index in [0.29, 0.717) is 43.9 Å². The van der Waals surface area contributed by atoms with Crippen LogP contribution in [0, 0.1) is 0 Å². The highest BCUT2D eigenvalue weighted by molar-refractivity contribution is 5.60. The molecule has 1 fully saturated rings. The van der Waals surface area contributed by atoms with Crippen molar-refractivity contribution in [3.63, 3.8) is 0 Å². The molecule has 3 heterocycles. The fraction of sp³-hybridized carbons (Fsp3) is 0.429. The maximum Gasteiger partial charge on any atom is 0.258 e. The quantitative estimate of drug-likeness (QED) is 0.889. The highest BCUT2D eigenvalue weighted by Gasteiger charge is 2.22. The van der Waals surface area contributed by atoms with Gasteiger partial charge in [-0.2, -0.15) is 4.98 Å². The second-order valence-corrected chi connectivity index (χ2v) is 4.90. The first-order valence-corrected chi connectivity index (χ1v) is 6.95. The van der Waals surface area contributed by atoms with Crippen molar-refractivity contribution in [3.05, 3.63) is 24.0 Å². The molecule has 2 aliphatic heterocycles. The number of hydrogen-bond donors (Lipinski definition) is 1. The van der Waals surface area contributed by atoms with Crippen LogP contribution in [0.25, 0.3) is 11.5 Å². The zero-order valence-corrected chi connectivity index (χ0v) is 11.4. The van der Waals surface area contributed by atoms with Crippen molar-refractivity contribution in [3.8, 4) is 23.0 Å². The molecule has 110 valence electrons. The van der Waals surface area contributed by atoms with Gasteiger partial charge in [0, 0.05) is 12.1 Å². The van der Waals surface area contributed by atoms with Gasteiger partial charge < -0.3 is 24.1 Å². The van der Waals surface area contributed by atoms with Crippen molar-refractivity contribution < 1.29 is 18.7 Å². The van der Waals surface area contributed by atoms with Crippen LogP contribution >= 0.6 is 0 Å². The van der Waals surface area contributed by atoms with Crippen LogP contribution in [0.4, 0.5) is 0 Å². The monoisotopic (exact) mass is 289 g/mol. The van der Waals surface area contributed by atoms with Crippen molar-refractivity contribution in [1.29, 1.82) is 0 Å². The molecule has 0 amide bonds. The van der Waals surface area contributed by atoms with Gasteiger partial charge in [-0.15, -0.1) is 0 Å². The zero-order chi connectivity index (χ0) is 14.1. The summed E-state index contributed by atoms with van der Waals surface area (Å²) in [5.41, 5.74) is 0.815. The molecule has 1 N–H and O–H groups in total. The molecule has 0 spiro atoms. The lowest BCUT2D eigenvalue weighted by Gasteiger charge is -2.20. The number of hydrogen-bond acceptors (Lipinski definition) is 7. The zero-order valence-electron chi connectivity index (χ0n) is 11.4. The Morgan fingerprint density at radius 3 is 2.86 bits per heavy atom. The van der Waals surface area contributed by atoms with Gasteiger partial charge in [0.2, 0.25) is 0 Å². The van der Waals surface area contributed by atoms with Gasteiger partial charge in [-0.1, -0.05) is 5.16 Å². The number of aromatic nitrogens is 2. The molecule has 0 aliphatic carbocycles. The molecule has 21 heavy (non-hydrogen) atoms. The molecule has 0 radical (unpaired) electrons. The Hall–Kier alpha value is -2.12. The summed E-state index contributed by atoms with van der Waals surface area (Å²) in [6, 6.07) is 5.58. The van der Waals surface area contributed by atoms with E-state index in [1.165, 1.54) is 0 Å². The van der Waals surface area contributed by atoms with Crippen molar-refractivity contribution in [2.75, 3.05) is 33.0 Å². The summed E-state index contributed by atoms with van der Waals surface area (Å²) in [6.45, 7) is 3.18. The Kier molecular flexibility index (Phi) is 3.21. The lowest BCUT2D eigenvalue weighted by molar-refractivity contribution is 0.0734. The molecule has 1 unspecified atom stereocenters. The van der Waals surface area contributed by atoms with Crippen molar-refractivity contribution in [1.82, 2.24) is 15.5 Å². The lowest BCUT2D eigenvalue weighted by Crippen LogP contribution is -2.35. The summed E-state index contributed by atoms with van der Waals surface area (Å²) in [5.74, 6) is 2.53. The van der Waals surface area contributed by atoms with Crippen LogP contribution < -0.4 is 14.8 Å². The second-order valence-electron chi connectivity index (χ2n) is 4.90. The van der Waals surface area contributed by atoms with Gasteiger partial charge in [0.1, 0.15) is 13.2 Å². The van der Waals surface area contributed by atoms with E-state index >= 15 is 0 Å². The normalized spacial score (nSPS) is 21.2. The smallest absolute Gasteiger partial charge is 0.258 e. The Morgan fingerprint density at radius 1 is 1.10 bits per heavy atom. The van der Waals surface area contributed by atoms with Crippen LogP contribution in [-0.2, 0) is 4.74 Å². The van der Waals surface area contributed by atoms with Gasteiger partial charge in [0.05, 0.1) is 19.3 Å². The summed E-state index contributed by atoms with van der Waals surface area (Å²) < 4.78 is 21.8. The summed E-state index contributed by atoms with van der Waals surface area (Å²) in [4.78, 5) is 4.44. The van der Waals surface area contributed by atoms with Gasteiger partial charge in [0.15, 0.2) is 17.3 Å². The molecular weight excluding hydrogens is 274 g/mol. The molecule has 2 aromatic rings. The topological polar surface area (TPSA) is 78.6 Å². The van der Waals surface area contributed by atoms with E-state index in [-0.39, 0.29) is 6.04 Å². The van der Waals surface area contributed by atoms with Crippen molar-refractivity contribution in [2.24, 2.45) is 0 Å². The first-order chi connectivity index (χ1) is 10.4. The van der Waals surface area contributed by atoms with Crippen molar-refractivity contribution in [2.45, 2.75) is 6.04 Å². The summed E-state index contributed by atoms with van der Waals surface area (Å²) in [5, 5.41) is 7.32. The third-order valence-corrected chi connectivity index (χ3v) is 3.46. The number of ether oxygens (including phenoxy) is 3. The molecular formula is C14H15N3O4. The van der Waals surface area contributed by atoms with E-state index in [9.17, 15) is 0 Å². The molecule has 4 rings (SSSR count). The van der Waals surface area contributed by atoms with Gasteiger partial charge in [-0.3, -0.25) is 0 Å². The van der Waals surface area contributed by atoms with Crippen LogP contribution in [0.5, 0.6) is 11.5 Å². The Labute approximate surface area is 121 Å². The molecule has 1 aromatic carbocycles. The Bertz CT molecular complexity index is 637. The fourth-order valence-corrected chi connectivity index (χ4v) is 2.40. The second kappa shape index (κ2) is 5.34. The van der Waals surface area contributed by atoms with E-state index in [1.54, 1.807) is 0 Å². The van der Waals surface area contributed by atoms with Crippen LogP contribution in [0.3, 0.4) is 0 Å².